The normalized spacial score (nSPS) is 50.2. The summed E-state index contributed by atoms with van der Waals surface area (Å²) >= 11 is 0. The average Bonchev–Trinajstić information content (AvgIpc) is 3.90. The summed E-state index contributed by atoms with van der Waals surface area (Å²) in [5.74, 6) is 0.00273. The lowest BCUT2D eigenvalue weighted by Crippen LogP contribution is -2.65. The first-order valence-corrected chi connectivity index (χ1v) is 29.0. The Kier molecular flexibility index (Phi) is 17.3. The zero-order chi connectivity index (χ0) is 57.0. The van der Waals surface area contributed by atoms with E-state index >= 15 is 0 Å². The third kappa shape index (κ3) is 10.2. The maximum absolute atomic E-state index is 14.4. The van der Waals surface area contributed by atoms with Crippen molar-refractivity contribution in [1.29, 1.82) is 0 Å². The number of carbonyl (C=O) groups excluding carboxylic acids is 2. The minimum absolute atomic E-state index is 0.00469. The number of fused-ring (bicyclic) bond motifs is 4. The van der Waals surface area contributed by atoms with Gasteiger partial charge in [0.2, 0.25) is 0 Å². The number of ketones is 1. The van der Waals surface area contributed by atoms with E-state index in [9.17, 15) is 63.4 Å². The number of rotatable bonds is 16. The van der Waals surface area contributed by atoms with Crippen molar-refractivity contribution >= 4 is 22.2 Å². The molecular weight excluding hydrogens is 1050 g/mol. The van der Waals surface area contributed by atoms with Crippen LogP contribution in [0.3, 0.4) is 0 Å². The highest BCUT2D eigenvalue weighted by Gasteiger charge is 2.77. The molecule has 5 aliphatic heterocycles. The summed E-state index contributed by atoms with van der Waals surface area (Å²) in [5.41, 5.74) is -2.05. The predicted molar refractivity (Wildman–Crippen MR) is 265 cm³/mol. The van der Waals surface area contributed by atoms with Crippen molar-refractivity contribution in [2.24, 2.45) is 45.3 Å². The predicted octanol–water partition coefficient (Wildman–Crippen LogP) is 0.337. The maximum Gasteiger partial charge on any atom is 0.397 e. The van der Waals surface area contributed by atoms with Gasteiger partial charge in [0, 0.05) is 24.9 Å². The molecule has 0 unspecified atom stereocenters. The molecule has 1 spiro atoms. The lowest BCUT2D eigenvalue weighted by molar-refractivity contribution is -0.382. The van der Waals surface area contributed by atoms with Crippen molar-refractivity contribution in [3.63, 3.8) is 0 Å². The number of hydrogen-bond acceptors (Lipinski definition) is 23. The molecule has 446 valence electrons. The second-order valence-corrected chi connectivity index (χ2v) is 26.2. The van der Waals surface area contributed by atoms with Crippen LogP contribution in [-0.4, -0.2) is 215 Å². The van der Waals surface area contributed by atoms with Crippen molar-refractivity contribution in [3.8, 4) is 0 Å². The van der Waals surface area contributed by atoms with Crippen LogP contribution in [0.15, 0.2) is 11.6 Å². The highest BCUT2D eigenvalue weighted by molar-refractivity contribution is 7.80. The van der Waals surface area contributed by atoms with Crippen LogP contribution < -0.4 is 0 Å². The smallest absolute Gasteiger partial charge is 0.397 e. The first-order valence-electron chi connectivity index (χ1n) is 27.7. The van der Waals surface area contributed by atoms with Gasteiger partial charge in [0.25, 0.3) is 0 Å². The number of aliphatic hydroxyl groups excluding tert-OH is 8. The number of hydrogen-bond donors (Lipinski definition) is 9. The van der Waals surface area contributed by atoms with E-state index in [1.165, 1.54) is 19.6 Å². The van der Waals surface area contributed by atoms with Crippen LogP contribution in [0.4, 0.5) is 0 Å². The van der Waals surface area contributed by atoms with Crippen LogP contribution in [0.2, 0.25) is 0 Å². The minimum Gasteiger partial charge on any atom is -0.451 e. The molecule has 0 aromatic carbocycles. The van der Waals surface area contributed by atoms with Crippen LogP contribution in [-0.2, 0) is 71.5 Å². The van der Waals surface area contributed by atoms with Gasteiger partial charge in [0.05, 0.1) is 37.4 Å². The molecule has 25 heteroatoms. The second-order valence-electron chi connectivity index (χ2n) is 25.2. The molecule has 0 amide bonds. The van der Waals surface area contributed by atoms with Crippen molar-refractivity contribution < 1.29 is 115 Å². The molecule has 26 atom stereocenters. The fourth-order valence-corrected chi connectivity index (χ4v) is 16.3. The molecule has 5 saturated heterocycles. The number of ether oxygens (including phenoxy) is 10. The first kappa shape index (κ1) is 60.7. The maximum atomic E-state index is 14.4. The summed E-state index contributed by atoms with van der Waals surface area (Å²) in [6.07, 6.45) is -21.3. The summed E-state index contributed by atoms with van der Waals surface area (Å²) in [4.78, 5) is 28.3. The molecule has 0 radical (unpaired) electrons. The molecule has 78 heavy (non-hydrogen) atoms. The molecule has 9 rings (SSSR count). The molecule has 3 saturated carbocycles. The van der Waals surface area contributed by atoms with Gasteiger partial charge in [-0.1, -0.05) is 53.2 Å². The Hall–Kier alpha value is -1.93. The van der Waals surface area contributed by atoms with E-state index in [0.717, 1.165) is 19.3 Å². The molecule has 8 fully saturated rings. The third-order valence-electron chi connectivity index (χ3n) is 20.2. The van der Waals surface area contributed by atoms with Crippen LogP contribution in [0.5, 0.6) is 0 Å². The Balaban J connectivity index is 0.890. The topological polar surface area (TPSA) is 352 Å². The molecular formula is C53H84O24S. The highest BCUT2D eigenvalue weighted by Crippen LogP contribution is 2.76. The van der Waals surface area contributed by atoms with E-state index in [1.54, 1.807) is 0 Å². The SMILES string of the molecule is CO[C@@H]1[C@@H](O)[C@H](O[C@@H]2[C@@H](O)[C@H](O[C@H]3[C@H](O)[C@@H](O)[C@H](O[C@H]4[C@H](O[C@H]5CC[C@]6(C)[C@H]7CC[C@]89C(=O)O[C@@](C)(C(=O)CCC(C)C)[C@H]8CC[C@@]9(C)C7=CC[C@H]6C5(C)C)OC[C@@H](OS(=O)(=O)O)[C@@H]4O)O[C@@H]3C)OC[C@H]2O)O[C@H](CO)[C@H]1O. The van der Waals surface area contributed by atoms with Gasteiger partial charge in [-0.15, -0.1) is 0 Å². The lowest BCUT2D eigenvalue weighted by atomic mass is 9.40. The van der Waals surface area contributed by atoms with Gasteiger partial charge in [-0.2, -0.15) is 8.42 Å². The Morgan fingerprint density at radius 1 is 0.744 bits per heavy atom. The number of aliphatic hydroxyl groups is 8. The van der Waals surface area contributed by atoms with E-state index in [1.807, 2.05) is 6.92 Å². The molecule has 9 aliphatic rings. The molecule has 5 heterocycles. The van der Waals surface area contributed by atoms with Crippen LogP contribution >= 0.6 is 0 Å². The highest BCUT2D eigenvalue weighted by atomic mass is 32.3. The van der Waals surface area contributed by atoms with Crippen molar-refractivity contribution in [2.75, 3.05) is 26.9 Å². The Bertz CT molecular complexity index is 2320. The van der Waals surface area contributed by atoms with Crippen molar-refractivity contribution in [2.45, 2.75) is 235 Å². The van der Waals surface area contributed by atoms with Crippen LogP contribution in [0.25, 0.3) is 0 Å². The van der Waals surface area contributed by atoms with Gasteiger partial charge in [-0.05, 0) is 93.8 Å². The van der Waals surface area contributed by atoms with Crippen molar-refractivity contribution in [3.05, 3.63) is 11.6 Å². The number of cyclic esters (lactones) is 1. The second kappa shape index (κ2) is 22.2. The minimum atomic E-state index is -5.14. The zero-order valence-corrected chi connectivity index (χ0v) is 46.7. The van der Waals surface area contributed by atoms with Gasteiger partial charge in [0.15, 0.2) is 36.5 Å². The van der Waals surface area contributed by atoms with Gasteiger partial charge in [-0.3, -0.25) is 14.1 Å². The van der Waals surface area contributed by atoms with E-state index < -0.39 is 169 Å². The monoisotopic (exact) mass is 1140 g/mol. The van der Waals surface area contributed by atoms with Crippen molar-refractivity contribution in [1.82, 2.24) is 0 Å². The van der Waals surface area contributed by atoms with Crippen LogP contribution in [0, 0.1) is 45.3 Å². The Morgan fingerprint density at radius 3 is 2.06 bits per heavy atom. The molecule has 4 aliphatic carbocycles. The molecule has 0 aromatic rings. The average molecular weight is 1140 g/mol. The fourth-order valence-electron chi connectivity index (χ4n) is 15.8. The summed E-state index contributed by atoms with van der Waals surface area (Å²) in [6.45, 7) is 14.4. The number of Topliss-reactive ketones (excluding diaryl/α,β-unsaturated/α-hetero) is 1. The van der Waals surface area contributed by atoms with E-state index in [4.69, 9.17) is 51.6 Å². The quantitative estimate of drug-likeness (QED) is 0.0571. The molecule has 0 bridgehead atoms. The molecule has 0 aromatic heterocycles. The summed E-state index contributed by atoms with van der Waals surface area (Å²) in [5, 5.41) is 88.2. The van der Waals surface area contributed by atoms with E-state index in [-0.39, 0.29) is 34.9 Å². The standard InChI is InChI=1S/C53H84O24S/c1-23(2)10-13-32(56)52(8)31-15-18-51(7)26-11-12-30-49(4,5)33(16-17-50(30,6)25(26)14-19-53(31,51)48(63)76-52)72-47-43(35(58)29(22-69-47)77-78(64,65)66)75-45-37(60)36(59)40(24(3)70-45)73-44-38(61)41(27(55)21-68-44)74-46-39(62)42(67-9)34(57)28(20-54)71-46/h11,23-25,27-31,33-47,54-55,57-62H,10,12-22H2,1-9H3,(H,64,65,66)/t24-,25+,27-,28-,29-,30+,31-,33+,34-,35+,36-,37-,38-,39-,40-,41+,42+,43-,44+,45+,46+,47+,50-,51+,52-,53-/m1/s1. The van der Waals surface area contributed by atoms with Gasteiger partial charge >= 0.3 is 16.4 Å². The molecule has 9 N–H and O–H groups in total. The van der Waals surface area contributed by atoms with Gasteiger partial charge in [-0.25, -0.2) is 4.18 Å². The molecule has 24 nitrogen and oxygen atoms in total. The van der Waals surface area contributed by atoms with E-state index in [0.29, 0.717) is 44.4 Å². The number of methoxy groups -OCH3 is 1. The zero-order valence-electron chi connectivity index (χ0n) is 45.9. The summed E-state index contributed by atoms with van der Waals surface area (Å²) < 4.78 is 97.7. The third-order valence-corrected chi connectivity index (χ3v) is 20.6. The summed E-state index contributed by atoms with van der Waals surface area (Å²) in [7, 11) is -3.93. The van der Waals surface area contributed by atoms with Gasteiger partial charge in [0.1, 0.15) is 79.4 Å². The largest absolute Gasteiger partial charge is 0.451 e. The first-order chi connectivity index (χ1) is 36.5. The number of carbonyl (C=O) groups is 2. The Morgan fingerprint density at radius 2 is 1.40 bits per heavy atom. The fraction of sp³-hybridized carbons (Fsp3) is 0.925. The van der Waals surface area contributed by atoms with E-state index in [2.05, 4.69) is 47.6 Å². The van der Waals surface area contributed by atoms with Gasteiger partial charge < -0.3 is 88.2 Å². The lowest BCUT2D eigenvalue weighted by Gasteiger charge is -2.64. The summed E-state index contributed by atoms with van der Waals surface area (Å²) in [6, 6.07) is 0. The number of allylic oxidation sites excluding steroid dienone is 2. The number of esters is 1. The van der Waals surface area contributed by atoms with Crippen LogP contribution in [0.1, 0.15) is 113 Å². The Labute approximate surface area is 455 Å².